The average molecular weight is 296 g/mol. The summed E-state index contributed by atoms with van der Waals surface area (Å²) in [5.74, 6) is 0. The molecule has 4 N–H and O–H groups in total. The van der Waals surface area contributed by atoms with Gasteiger partial charge in [0.05, 0.1) is 29.7 Å². The third-order valence-corrected chi connectivity index (χ3v) is 3.03. The Morgan fingerprint density at radius 1 is 1.10 bits per heavy atom. The first-order chi connectivity index (χ1) is 9.99. The minimum Gasteiger partial charge on any atom is -0.392 e. The summed E-state index contributed by atoms with van der Waals surface area (Å²) < 4.78 is 4.93. The zero-order valence-electron chi connectivity index (χ0n) is 13.2. The second-order valence-corrected chi connectivity index (χ2v) is 5.48. The second kappa shape index (κ2) is 9.60. The molecule has 1 aliphatic heterocycles. The van der Waals surface area contributed by atoms with E-state index in [4.69, 9.17) is 4.74 Å². The van der Waals surface area contributed by atoms with Gasteiger partial charge in [0.1, 0.15) is 0 Å². The van der Waals surface area contributed by atoms with Crippen molar-refractivity contribution in [2.24, 2.45) is 0 Å². The molecule has 2 rings (SSSR count). The molecule has 1 aromatic rings. The number of para-hydroxylation sites is 2. The summed E-state index contributed by atoms with van der Waals surface area (Å²) in [7, 11) is 0. The molecule has 0 spiro atoms. The van der Waals surface area contributed by atoms with Crippen LogP contribution in [0.2, 0.25) is 0 Å². The van der Waals surface area contributed by atoms with Gasteiger partial charge in [-0.1, -0.05) is 12.1 Å². The van der Waals surface area contributed by atoms with Crippen molar-refractivity contribution in [3.8, 4) is 0 Å². The first-order valence-corrected chi connectivity index (χ1v) is 7.53. The van der Waals surface area contributed by atoms with Crippen molar-refractivity contribution in [2.75, 3.05) is 30.3 Å². The number of nitrogens with one attached hydrogen (secondary N) is 2. The molecule has 0 aliphatic carbocycles. The largest absolute Gasteiger partial charge is 0.392 e. The zero-order valence-corrected chi connectivity index (χ0v) is 13.2. The van der Waals surface area contributed by atoms with Gasteiger partial charge in [0.15, 0.2) is 0 Å². The fraction of sp³-hybridized carbons (Fsp3) is 0.625. The van der Waals surface area contributed by atoms with Gasteiger partial charge in [0.25, 0.3) is 0 Å². The van der Waals surface area contributed by atoms with E-state index in [1.807, 2.05) is 24.3 Å². The van der Waals surface area contributed by atoms with Crippen LogP contribution in [0.25, 0.3) is 0 Å². The summed E-state index contributed by atoms with van der Waals surface area (Å²) in [5.41, 5.74) is 1.87. The minimum absolute atomic E-state index is 0.384. The van der Waals surface area contributed by atoms with Gasteiger partial charge >= 0.3 is 0 Å². The van der Waals surface area contributed by atoms with Crippen molar-refractivity contribution < 1.29 is 14.9 Å². The molecule has 1 fully saturated rings. The maximum absolute atomic E-state index is 9.20. The molecule has 5 heteroatoms. The fourth-order valence-electron chi connectivity index (χ4n) is 1.66. The fourth-order valence-corrected chi connectivity index (χ4v) is 1.66. The predicted molar refractivity (Wildman–Crippen MR) is 86.8 cm³/mol. The van der Waals surface area contributed by atoms with Crippen LogP contribution in [-0.4, -0.2) is 48.2 Å². The van der Waals surface area contributed by atoms with Gasteiger partial charge in [-0.15, -0.1) is 0 Å². The van der Waals surface area contributed by atoms with Crippen LogP contribution in [0.5, 0.6) is 0 Å². The monoisotopic (exact) mass is 296 g/mol. The average Bonchev–Trinajstić information content (AvgIpc) is 2.42. The van der Waals surface area contributed by atoms with E-state index in [9.17, 15) is 10.2 Å². The Morgan fingerprint density at radius 2 is 1.48 bits per heavy atom. The lowest BCUT2D eigenvalue weighted by molar-refractivity contribution is -0.0375. The van der Waals surface area contributed by atoms with Gasteiger partial charge in [0, 0.05) is 19.7 Å². The van der Waals surface area contributed by atoms with E-state index in [0.29, 0.717) is 19.2 Å². The zero-order chi connectivity index (χ0) is 15.7. The van der Waals surface area contributed by atoms with Gasteiger partial charge in [-0.3, -0.25) is 0 Å². The summed E-state index contributed by atoms with van der Waals surface area (Å²) in [6, 6.07) is 7.73. The highest BCUT2D eigenvalue weighted by atomic mass is 16.5. The van der Waals surface area contributed by atoms with Crippen molar-refractivity contribution in [3.63, 3.8) is 0 Å². The number of rotatable bonds is 6. The van der Waals surface area contributed by atoms with Crippen molar-refractivity contribution >= 4 is 11.4 Å². The molecule has 0 bridgehead atoms. The SMILES string of the molecule is CC(O)CNc1ccccc1NCC(C)O.CC1CCO1. The van der Waals surface area contributed by atoms with Crippen LogP contribution in [0.15, 0.2) is 24.3 Å². The van der Waals surface area contributed by atoms with Crippen LogP contribution in [-0.2, 0) is 4.74 Å². The number of anilines is 2. The predicted octanol–water partition coefficient (Wildman–Crippen LogP) is 2.07. The molecule has 0 amide bonds. The number of aliphatic hydroxyl groups is 2. The first-order valence-electron chi connectivity index (χ1n) is 7.53. The summed E-state index contributed by atoms with van der Waals surface area (Å²) >= 11 is 0. The summed E-state index contributed by atoms with van der Waals surface area (Å²) in [6.07, 6.45) is 1.06. The van der Waals surface area contributed by atoms with E-state index in [1.165, 1.54) is 6.42 Å². The molecular formula is C16H28N2O3. The number of hydrogen-bond donors (Lipinski definition) is 4. The Hall–Kier alpha value is -1.30. The maximum atomic E-state index is 9.20. The molecule has 3 atom stereocenters. The van der Waals surface area contributed by atoms with E-state index >= 15 is 0 Å². The normalized spacial score (nSPS) is 19.6. The van der Waals surface area contributed by atoms with E-state index in [1.54, 1.807) is 13.8 Å². The van der Waals surface area contributed by atoms with Crippen molar-refractivity contribution in [1.82, 2.24) is 0 Å². The van der Waals surface area contributed by atoms with Crippen LogP contribution >= 0.6 is 0 Å². The van der Waals surface area contributed by atoms with Gasteiger partial charge in [0.2, 0.25) is 0 Å². The van der Waals surface area contributed by atoms with Crippen molar-refractivity contribution in [2.45, 2.75) is 45.5 Å². The molecule has 1 aromatic carbocycles. The Labute approximate surface area is 127 Å². The summed E-state index contributed by atoms with van der Waals surface area (Å²) in [5, 5.41) is 24.7. The summed E-state index contributed by atoms with van der Waals surface area (Å²) in [4.78, 5) is 0. The third kappa shape index (κ3) is 7.90. The number of benzene rings is 1. The third-order valence-electron chi connectivity index (χ3n) is 3.03. The van der Waals surface area contributed by atoms with Crippen LogP contribution in [0, 0.1) is 0 Å². The lowest BCUT2D eigenvalue weighted by Crippen LogP contribution is -2.22. The molecular weight excluding hydrogens is 268 g/mol. The molecule has 1 aliphatic rings. The quantitative estimate of drug-likeness (QED) is 0.647. The second-order valence-electron chi connectivity index (χ2n) is 5.48. The van der Waals surface area contributed by atoms with Crippen molar-refractivity contribution in [1.29, 1.82) is 0 Å². The Balaban J connectivity index is 0.000000369. The topological polar surface area (TPSA) is 73.8 Å². The lowest BCUT2D eigenvalue weighted by Gasteiger charge is -2.20. The molecule has 1 heterocycles. The van der Waals surface area contributed by atoms with Gasteiger partial charge in [-0.25, -0.2) is 0 Å². The van der Waals surface area contributed by atoms with Gasteiger partial charge in [-0.2, -0.15) is 0 Å². The molecule has 21 heavy (non-hydrogen) atoms. The number of hydrogen-bond acceptors (Lipinski definition) is 5. The van der Waals surface area contributed by atoms with Gasteiger partial charge in [-0.05, 0) is 39.3 Å². The van der Waals surface area contributed by atoms with Crippen LogP contribution < -0.4 is 10.6 Å². The highest BCUT2D eigenvalue weighted by Gasteiger charge is 2.09. The van der Waals surface area contributed by atoms with E-state index in [0.717, 1.165) is 18.0 Å². The van der Waals surface area contributed by atoms with Crippen LogP contribution in [0.1, 0.15) is 27.2 Å². The Kier molecular flexibility index (Phi) is 8.12. The Bertz CT molecular complexity index is 362. The Morgan fingerprint density at radius 3 is 1.71 bits per heavy atom. The van der Waals surface area contributed by atoms with Crippen LogP contribution in [0.3, 0.4) is 0 Å². The van der Waals surface area contributed by atoms with E-state index in [-0.39, 0.29) is 12.2 Å². The highest BCUT2D eigenvalue weighted by Crippen LogP contribution is 2.20. The smallest absolute Gasteiger partial charge is 0.0684 e. The van der Waals surface area contributed by atoms with E-state index < -0.39 is 0 Å². The molecule has 120 valence electrons. The molecule has 0 saturated carbocycles. The van der Waals surface area contributed by atoms with Crippen LogP contribution in [0.4, 0.5) is 11.4 Å². The molecule has 1 saturated heterocycles. The summed E-state index contributed by atoms with van der Waals surface area (Å²) in [6.45, 7) is 7.56. The molecule has 3 unspecified atom stereocenters. The van der Waals surface area contributed by atoms with Gasteiger partial charge < -0.3 is 25.6 Å². The van der Waals surface area contributed by atoms with E-state index in [2.05, 4.69) is 17.6 Å². The number of aliphatic hydroxyl groups excluding tert-OH is 2. The maximum Gasteiger partial charge on any atom is 0.0684 e. The molecule has 0 aromatic heterocycles. The highest BCUT2D eigenvalue weighted by molar-refractivity contribution is 5.68. The molecule has 0 radical (unpaired) electrons. The first kappa shape index (κ1) is 17.8. The number of ether oxygens (including phenoxy) is 1. The standard InChI is InChI=1S/C12H20N2O2.C4H8O/c1-9(15)7-13-11-5-3-4-6-12(11)14-8-10(2)16;1-4-2-3-5-4/h3-6,9-10,13-16H,7-8H2,1-2H3;4H,2-3H2,1H3. The van der Waals surface area contributed by atoms with Crippen molar-refractivity contribution in [3.05, 3.63) is 24.3 Å². The lowest BCUT2D eigenvalue weighted by atomic mass is 10.2. The minimum atomic E-state index is -0.384. The molecule has 5 nitrogen and oxygen atoms in total.